The zero-order valence-corrected chi connectivity index (χ0v) is 9.40. The normalized spacial score (nSPS) is 12.6. The smallest absolute Gasteiger partial charge is 0.138 e. The van der Waals surface area contributed by atoms with E-state index in [-0.39, 0.29) is 11.9 Å². The highest BCUT2D eigenvalue weighted by atomic mass is 79.9. The molecule has 1 rings (SSSR count). The summed E-state index contributed by atoms with van der Waals surface area (Å²) in [6.45, 7) is 1.90. The Morgan fingerprint density at radius 2 is 2.31 bits per heavy atom. The van der Waals surface area contributed by atoms with Crippen molar-refractivity contribution in [3.63, 3.8) is 0 Å². The number of hydrogen-bond acceptors (Lipinski definition) is 1. The maximum Gasteiger partial charge on any atom is 0.138 e. The van der Waals surface area contributed by atoms with E-state index in [4.69, 9.17) is 16.3 Å². The van der Waals surface area contributed by atoms with Crippen LogP contribution in [0.25, 0.3) is 0 Å². The van der Waals surface area contributed by atoms with Crippen LogP contribution in [0.3, 0.4) is 0 Å². The van der Waals surface area contributed by atoms with Gasteiger partial charge in [0, 0.05) is 5.33 Å². The van der Waals surface area contributed by atoms with E-state index in [0.717, 1.165) is 0 Å². The topological polar surface area (TPSA) is 9.23 Å². The first-order chi connectivity index (χ1) is 6.13. The van der Waals surface area contributed by atoms with Crippen LogP contribution in [0.15, 0.2) is 18.2 Å². The van der Waals surface area contributed by atoms with Crippen molar-refractivity contribution in [2.75, 3.05) is 5.33 Å². The molecule has 72 valence electrons. The third-order valence-corrected chi connectivity index (χ3v) is 2.65. The van der Waals surface area contributed by atoms with E-state index in [1.807, 2.05) is 6.92 Å². The molecule has 0 saturated heterocycles. The van der Waals surface area contributed by atoms with Crippen LogP contribution in [0.5, 0.6) is 5.75 Å². The molecule has 13 heavy (non-hydrogen) atoms. The molecule has 4 heteroatoms. The largest absolute Gasteiger partial charge is 0.488 e. The van der Waals surface area contributed by atoms with Gasteiger partial charge in [-0.25, -0.2) is 4.39 Å². The number of rotatable bonds is 3. The summed E-state index contributed by atoms with van der Waals surface area (Å²) in [6.07, 6.45) is 0.0166. The van der Waals surface area contributed by atoms with Gasteiger partial charge in [0.1, 0.15) is 17.7 Å². The molecular formula is C9H9BrClFO. The average molecular weight is 268 g/mol. The Hall–Kier alpha value is -0.280. The van der Waals surface area contributed by atoms with Gasteiger partial charge in [-0.3, -0.25) is 0 Å². The van der Waals surface area contributed by atoms with Gasteiger partial charge in [0.2, 0.25) is 0 Å². The molecule has 0 amide bonds. The molecule has 0 aliphatic carbocycles. The number of benzene rings is 1. The molecule has 1 aromatic rings. The molecule has 0 fully saturated rings. The molecule has 0 heterocycles. The third kappa shape index (κ3) is 3.16. The summed E-state index contributed by atoms with van der Waals surface area (Å²) in [5, 5.41) is 1.01. The van der Waals surface area contributed by atoms with Gasteiger partial charge in [0.15, 0.2) is 0 Å². The standard InChI is InChI=1S/C9H9BrClFO/c1-6(5-10)13-9-3-2-7(12)4-8(9)11/h2-4,6H,5H2,1H3. The van der Waals surface area contributed by atoms with Crippen LogP contribution in [-0.4, -0.2) is 11.4 Å². The Balaban J connectivity index is 2.77. The first kappa shape index (κ1) is 10.8. The lowest BCUT2D eigenvalue weighted by molar-refractivity contribution is 0.248. The maximum absolute atomic E-state index is 12.6. The van der Waals surface area contributed by atoms with Crippen molar-refractivity contribution in [3.8, 4) is 5.75 Å². The Labute approximate surface area is 90.0 Å². The lowest BCUT2D eigenvalue weighted by Crippen LogP contribution is -2.13. The van der Waals surface area contributed by atoms with Gasteiger partial charge in [-0.05, 0) is 25.1 Å². The minimum absolute atomic E-state index is 0.0166. The van der Waals surface area contributed by atoms with Crippen LogP contribution < -0.4 is 4.74 Å². The molecule has 0 N–H and O–H groups in total. The highest BCUT2D eigenvalue weighted by molar-refractivity contribution is 9.09. The maximum atomic E-state index is 12.6. The number of halogens is 3. The first-order valence-electron chi connectivity index (χ1n) is 3.81. The molecular weight excluding hydrogens is 258 g/mol. The predicted octanol–water partition coefficient (Wildman–Crippen LogP) is 3.64. The average Bonchev–Trinajstić information content (AvgIpc) is 2.09. The van der Waals surface area contributed by atoms with Crippen molar-refractivity contribution in [2.45, 2.75) is 13.0 Å². The fourth-order valence-electron chi connectivity index (χ4n) is 0.819. The second-order valence-corrected chi connectivity index (χ2v) is 3.71. The molecule has 0 radical (unpaired) electrons. The second-order valence-electron chi connectivity index (χ2n) is 2.66. The summed E-state index contributed by atoms with van der Waals surface area (Å²) in [6, 6.07) is 4.08. The number of alkyl halides is 1. The van der Waals surface area contributed by atoms with Gasteiger partial charge in [-0.15, -0.1) is 0 Å². The summed E-state index contributed by atoms with van der Waals surface area (Å²) >= 11 is 9.02. The fraction of sp³-hybridized carbons (Fsp3) is 0.333. The number of hydrogen-bond donors (Lipinski definition) is 0. The third-order valence-electron chi connectivity index (χ3n) is 1.44. The van der Waals surface area contributed by atoms with Crippen molar-refractivity contribution in [2.24, 2.45) is 0 Å². The zero-order chi connectivity index (χ0) is 9.84. The lowest BCUT2D eigenvalue weighted by Gasteiger charge is -2.12. The summed E-state index contributed by atoms with van der Waals surface area (Å²) in [5.41, 5.74) is 0. The van der Waals surface area contributed by atoms with Crippen molar-refractivity contribution in [1.29, 1.82) is 0 Å². The van der Waals surface area contributed by atoms with E-state index in [1.165, 1.54) is 18.2 Å². The number of ether oxygens (including phenoxy) is 1. The van der Waals surface area contributed by atoms with Gasteiger partial charge >= 0.3 is 0 Å². The molecule has 1 nitrogen and oxygen atoms in total. The molecule has 0 aliphatic rings. The van der Waals surface area contributed by atoms with Gasteiger partial charge in [0.25, 0.3) is 0 Å². The summed E-state index contributed by atoms with van der Waals surface area (Å²) in [7, 11) is 0. The van der Waals surface area contributed by atoms with Crippen LogP contribution in [0.4, 0.5) is 4.39 Å². The van der Waals surface area contributed by atoms with Gasteiger partial charge in [-0.1, -0.05) is 27.5 Å². The Kier molecular flexibility index (Phi) is 4.00. The Morgan fingerprint density at radius 1 is 1.62 bits per heavy atom. The molecule has 1 atom stereocenters. The highest BCUT2D eigenvalue weighted by Crippen LogP contribution is 2.25. The molecule has 0 aromatic heterocycles. The van der Waals surface area contributed by atoms with Crippen molar-refractivity contribution >= 4 is 27.5 Å². The van der Waals surface area contributed by atoms with E-state index < -0.39 is 0 Å². The molecule has 1 aromatic carbocycles. The van der Waals surface area contributed by atoms with E-state index in [1.54, 1.807) is 0 Å². The minimum atomic E-state index is -0.358. The predicted molar refractivity (Wildman–Crippen MR) is 55.3 cm³/mol. The Bertz CT molecular complexity index is 293. The van der Waals surface area contributed by atoms with Gasteiger partial charge < -0.3 is 4.74 Å². The summed E-state index contributed by atoms with van der Waals surface area (Å²) in [4.78, 5) is 0. The van der Waals surface area contributed by atoms with E-state index in [0.29, 0.717) is 16.1 Å². The summed E-state index contributed by atoms with van der Waals surface area (Å²) < 4.78 is 18.0. The van der Waals surface area contributed by atoms with Crippen LogP contribution in [0.2, 0.25) is 5.02 Å². The fourth-order valence-corrected chi connectivity index (χ4v) is 1.16. The van der Waals surface area contributed by atoms with Gasteiger partial charge in [0.05, 0.1) is 5.02 Å². The van der Waals surface area contributed by atoms with Gasteiger partial charge in [-0.2, -0.15) is 0 Å². The molecule has 0 saturated carbocycles. The molecule has 0 aliphatic heterocycles. The van der Waals surface area contributed by atoms with Crippen LogP contribution in [0.1, 0.15) is 6.92 Å². The quantitative estimate of drug-likeness (QED) is 0.760. The van der Waals surface area contributed by atoms with Crippen molar-refractivity contribution in [3.05, 3.63) is 29.0 Å². The monoisotopic (exact) mass is 266 g/mol. The zero-order valence-electron chi connectivity index (χ0n) is 7.06. The SMILES string of the molecule is CC(CBr)Oc1ccc(F)cc1Cl. The second kappa shape index (κ2) is 4.82. The van der Waals surface area contributed by atoms with Crippen LogP contribution in [0, 0.1) is 5.82 Å². The molecule has 1 unspecified atom stereocenters. The van der Waals surface area contributed by atoms with E-state index in [2.05, 4.69) is 15.9 Å². The van der Waals surface area contributed by atoms with E-state index >= 15 is 0 Å². The first-order valence-corrected chi connectivity index (χ1v) is 5.31. The van der Waals surface area contributed by atoms with Crippen molar-refractivity contribution in [1.82, 2.24) is 0 Å². The summed E-state index contributed by atoms with van der Waals surface area (Å²) in [5.74, 6) is 0.152. The lowest BCUT2D eigenvalue weighted by atomic mass is 10.3. The van der Waals surface area contributed by atoms with Crippen LogP contribution >= 0.6 is 27.5 Å². The molecule has 0 bridgehead atoms. The van der Waals surface area contributed by atoms with Crippen molar-refractivity contribution < 1.29 is 9.13 Å². The Morgan fingerprint density at radius 3 is 2.85 bits per heavy atom. The molecule has 0 spiro atoms. The van der Waals surface area contributed by atoms with Crippen LogP contribution in [-0.2, 0) is 0 Å². The minimum Gasteiger partial charge on any atom is -0.488 e. The van der Waals surface area contributed by atoms with E-state index in [9.17, 15) is 4.39 Å². The highest BCUT2D eigenvalue weighted by Gasteiger charge is 2.06.